The van der Waals surface area contributed by atoms with Gasteiger partial charge in [0.2, 0.25) is 5.91 Å². The first kappa shape index (κ1) is 19.5. The maximum absolute atomic E-state index is 12.0. The number of thioether (sulfide) groups is 1. The maximum atomic E-state index is 12.0. The Morgan fingerprint density at radius 3 is 2.40 bits per heavy atom. The Bertz CT molecular complexity index is 661. The molecule has 1 unspecified atom stereocenters. The van der Waals surface area contributed by atoms with Crippen molar-refractivity contribution >= 4 is 29.3 Å². The highest BCUT2D eigenvalue weighted by Gasteiger charge is 2.08. The van der Waals surface area contributed by atoms with E-state index in [9.17, 15) is 4.79 Å². The molecule has 0 radical (unpaired) electrons. The molecule has 0 heterocycles. The fraction of sp³-hybridized carbons (Fsp3) is 0.316. The molecule has 1 N–H and O–H groups in total. The second kappa shape index (κ2) is 10.2. The van der Waals surface area contributed by atoms with E-state index in [4.69, 9.17) is 21.1 Å². The molecule has 1 amide bonds. The van der Waals surface area contributed by atoms with E-state index in [0.29, 0.717) is 18.1 Å². The van der Waals surface area contributed by atoms with Gasteiger partial charge in [-0.15, -0.1) is 11.8 Å². The summed E-state index contributed by atoms with van der Waals surface area (Å²) in [4.78, 5) is 13.1. The maximum Gasteiger partial charge on any atom is 0.221 e. The summed E-state index contributed by atoms with van der Waals surface area (Å²) in [5.41, 5.74) is 0. The number of amides is 1. The molecule has 134 valence electrons. The van der Waals surface area contributed by atoms with Crippen LogP contribution in [-0.2, 0) is 4.79 Å². The minimum absolute atomic E-state index is 0.0206. The molecule has 0 aliphatic heterocycles. The van der Waals surface area contributed by atoms with Crippen LogP contribution in [0.15, 0.2) is 53.4 Å². The van der Waals surface area contributed by atoms with Crippen molar-refractivity contribution in [3.63, 3.8) is 0 Å². The van der Waals surface area contributed by atoms with Crippen molar-refractivity contribution in [1.82, 2.24) is 5.32 Å². The summed E-state index contributed by atoms with van der Waals surface area (Å²) in [6, 6.07) is 14.9. The number of benzene rings is 2. The average Bonchev–Trinajstić information content (AvgIpc) is 2.62. The first-order chi connectivity index (χ1) is 12.1. The summed E-state index contributed by atoms with van der Waals surface area (Å²) in [5.74, 6) is 2.28. The SMILES string of the molecule is COc1ccc(OCC(C)NC(=O)CCSc2ccc(Cl)cc2)cc1. The summed E-state index contributed by atoms with van der Waals surface area (Å²) in [6.07, 6.45) is 0.459. The zero-order valence-electron chi connectivity index (χ0n) is 14.3. The molecule has 25 heavy (non-hydrogen) atoms. The van der Waals surface area contributed by atoms with Gasteiger partial charge >= 0.3 is 0 Å². The number of hydrogen-bond acceptors (Lipinski definition) is 4. The predicted molar refractivity (Wildman–Crippen MR) is 103 cm³/mol. The van der Waals surface area contributed by atoms with Gasteiger partial charge in [0.05, 0.1) is 13.2 Å². The van der Waals surface area contributed by atoms with E-state index in [2.05, 4.69) is 5.32 Å². The van der Waals surface area contributed by atoms with Crippen molar-refractivity contribution in [2.45, 2.75) is 24.3 Å². The Morgan fingerprint density at radius 2 is 1.76 bits per heavy atom. The Morgan fingerprint density at radius 1 is 1.12 bits per heavy atom. The molecule has 2 rings (SSSR count). The molecule has 0 aromatic heterocycles. The third kappa shape index (κ3) is 7.28. The van der Waals surface area contributed by atoms with Gasteiger partial charge in [-0.2, -0.15) is 0 Å². The molecular formula is C19H22ClNO3S. The number of carbonyl (C=O) groups excluding carboxylic acids is 1. The van der Waals surface area contributed by atoms with Crippen molar-refractivity contribution in [2.75, 3.05) is 19.5 Å². The van der Waals surface area contributed by atoms with E-state index in [1.807, 2.05) is 55.5 Å². The van der Waals surface area contributed by atoms with E-state index in [1.54, 1.807) is 18.9 Å². The molecule has 0 aliphatic rings. The zero-order valence-corrected chi connectivity index (χ0v) is 15.9. The second-order valence-electron chi connectivity index (χ2n) is 5.51. The standard InChI is InChI=1S/C19H22ClNO3S/c1-14(13-24-17-7-5-16(23-2)6-8-17)21-19(22)11-12-25-18-9-3-15(20)4-10-18/h3-10,14H,11-13H2,1-2H3,(H,21,22). The Balaban J connectivity index is 1.64. The van der Waals surface area contributed by atoms with E-state index >= 15 is 0 Å². The highest BCUT2D eigenvalue weighted by Crippen LogP contribution is 2.21. The summed E-state index contributed by atoms with van der Waals surface area (Å²) in [7, 11) is 1.62. The Kier molecular flexibility index (Phi) is 7.95. The van der Waals surface area contributed by atoms with Crippen LogP contribution in [0, 0.1) is 0 Å². The van der Waals surface area contributed by atoms with Gasteiger partial charge < -0.3 is 14.8 Å². The monoisotopic (exact) mass is 379 g/mol. The third-order valence-electron chi connectivity index (χ3n) is 3.38. The summed E-state index contributed by atoms with van der Waals surface area (Å²) >= 11 is 7.49. The molecule has 0 spiro atoms. The molecule has 2 aromatic carbocycles. The fourth-order valence-corrected chi connectivity index (χ4v) is 3.05. The average molecular weight is 380 g/mol. The minimum atomic E-state index is -0.0601. The molecule has 6 heteroatoms. The molecule has 0 aliphatic carbocycles. The lowest BCUT2D eigenvalue weighted by atomic mass is 10.3. The number of hydrogen-bond donors (Lipinski definition) is 1. The van der Waals surface area contributed by atoms with Gasteiger partial charge in [0.25, 0.3) is 0 Å². The summed E-state index contributed by atoms with van der Waals surface area (Å²) < 4.78 is 10.8. The molecular weight excluding hydrogens is 358 g/mol. The second-order valence-corrected chi connectivity index (χ2v) is 7.11. The number of rotatable bonds is 9. The highest BCUT2D eigenvalue weighted by molar-refractivity contribution is 7.99. The van der Waals surface area contributed by atoms with E-state index < -0.39 is 0 Å². The van der Waals surface area contributed by atoms with Crippen LogP contribution < -0.4 is 14.8 Å². The minimum Gasteiger partial charge on any atom is -0.497 e. The smallest absolute Gasteiger partial charge is 0.221 e. The number of nitrogens with one attached hydrogen (secondary N) is 1. The number of ether oxygens (including phenoxy) is 2. The van der Waals surface area contributed by atoms with E-state index in [1.165, 1.54) is 0 Å². The quantitative estimate of drug-likeness (QED) is 0.655. The van der Waals surface area contributed by atoms with Crippen molar-refractivity contribution in [3.8, 4) is 11.5 Å². The van der Waals surface area contributed by atoms with Crippen LogP contribution in [0.1, 0.15) is 13.3 Å². The number of methoxy groups -OCH3 is 1. The number of halogens is 1. The molecule has 0 saturated carbocycles. The Labute approximate surface area is 157 Å². The first-order valence-corrected chi connectivity index (χ1v) is 9.38. The van der Waals surface area contributed by atoms with Crippen LogP contribution in [0.4, 0.5) is 0 Å². The Hall–Kier alpha value is -1.85. The lowest BCUT2D eigenvalue weighted by Crippen LogP contribution is -2.36. The van der Waals surface area contributed by atoms with E-state index in [-0.39, 0.29) is 11.9 Å². The van der Waals surface area contributed by atoms with Crippen LogP contribution in [0.25, 0.3) is 0 Å². The van der Waals surface area contributed by atoms with Crippen LogP contribution in [0.3, 0.4) is 0 Å². The van der Waals surface area contributed by atoms with Gasteiger partial charge in [0, 0.05) is 22.1 Å². The van der Waals surface area contributed by atoms with Crippen molar-refractivity contribution < 1.29 is 14.3 Å². The zero-order chi connectivity index (χ0) is 18.1. The van der Waals surface area contributed by atoms with Crippen LogP contribution in [0.2, 0.25) is 5.02 Å². The van der Waals surface area contributed by atoms with Crippen LogP contribution in [-0.4, -0.2) is 31.4 Å². The van der Waals surface area contributed by atoms with Crippen LogP contribution >= 0.6 is 23.4 Å². The molecule has 0 saturated heterocycles. The van der Waals surface area contributed by atoms with Crippen molar-refractivity contribution in [2.24, 2.45) is 0 Å². The fourth-order valence-electron chi connectivity index (χ4n) is 2.07. The van der Waals surface area contributed by atoms with E-state index in [0.717, 1.165) is 22.1 Å². The predicted octanol–water partition coefficient (Wildman–Crippen LogP) is 4.41. The summed E-state index contributed by atoms with van der Waals surface area (Å²) in [5, 5.41) is 3.66. The highest BCUT2D eigenvalue weighted by atomic mass is 35.5. The molecule has 0 bridgehead atoms. The topological polar surface area (TPSA) is 47.6 Å². The largest absolute Gasteiger partial charge is 0.497 e. The van der Waals surface area contributed by atoms with Gasteiger partial charge in [-0.1, -0.05) is 11.6 Å². The van der Waals surface area contributed by atoms with Gasteiger partial charge in [0.1, 0.15) is 18.1 Å². The normalized spacial score (nSPS) is 11.6. The van der Waals surface area contributed by atoms with Crippen LogP contribution in [0.5, 0.6) is 11.5 Å². The molecule has 0 fully saturated rings. The molecule has 2 aromatic rings. The first-order valence-electron chi connectivity index (χ1n) is 8.01. The lowest BCUT2D eigenvalue weighted by Gasteiger charge is -2.15. The van der Waals surface area contributed by atoms with Gasteiger partial charge in [-0.25, -0.2) is 0 Å². The third-order valence-corrected chi connectivity index (χ3v) is 4.64. The summed E-state index contributed by atoms with van der Waals surface area (Å²) in [6.45, 7) is 2.34. The van der Waals surface area contributed by atoms with Gasteiger partial charge in [-0.3, -0.25) is 4.79 Å². The van der Waals surface area contributed by atoms with Crippen molar-refractivity contribution in [3.05, 3.63) is 53.6 Å². The molecule has 1 atom stereocenters. The van der Waals surface area contributed by atoms with Crippen molar-refractivity contribution in [1.29, 1.82) is 0 Å². The van der Waals surface area contributed by atoms with Gasteiger partial charge in [-0.05, 0) is 55.5 Å². The van der Waals surface area contributed by atoms with Gasteiger partial charge in [0.15, 0.2) is 0 Å². The molecule has 4 nitrogen and oxygen atoms in total. The number of carbonyl (C=O) groups is 1. The lowest BCUT2D eigenvalue weighted by molar-refractivity contribution is -0.121.